The third-order valence-corrected chi connectivity index (χ3v) is 4.26. The van der Waals surface area contributed by atoms with Crippen molar-refractivity contribution in [3.8, 4) is 28.1 Å². The molecule has 3 aromatic rings. The highest BCUT2D eigenvalue weighted by Crippen LogP contribution is 2.37. The highest BCUT2D eigenvalue weighted by Gasteiger charge is 2.30. The number of carbonyl (C=O) groups is 1. The number of ether oxygens (including phenoxy) is 2. The number of aromatic amines is 1. The van der Waals surface area contributed by atoms with Crippen LogP contribution in [0.5, 0.6) is 5.75 Å². The van der Waals surface area contributed by atoms with Crippen molar-refractivity contribution < 1.29 is 27.4 Å². The molecule has 0 fully saturated rings. The van der Waals surface area contributed by atoms with Gasteiger partial charge in [0.2, 0.25) is 0 Å². The first-order valence-corrected chi connectivity index (χ1v) is 8.55. The molecule has 0 bridgehead atoms. The van der Waals surface area contributed by atoms with Gasteiger partial charge in [-0.3, -0.25) is 0 Å². The van der Waals surface area contributed by atoms with Gasteiger partial charge in [-0.15, -0.1) is 0 Å². The topological polar surface area (TPSA) is 51.3 Å². The molecule has 1 heterocycles. The van der Waals surface area contributed by atoms with E-state index < -0.39 is 17.7 Å². The Kier molecular flexibility index (Phi) is 5.44. The number of H-pyrrole nitrogens is 1. The molecule has 1 N–H and O–H groups in total. The van der Waals surface area contributed by atoms with E-state index in [1.807, 2.05) is 0 Å². The zero-order valence-electron chi connectivity index (χ0n) is 15.3. The number of carbonyl (C=O) groups excluding carboxylic acids is 1. The van der Waals surface area contributed by atoms with E-state index in [4.69, 9.17) is 9.47 Å². The van der Waals surface area contributed by atoms with Crippen LogP contribution in [0.25, 0.3) is 22.4 Å². The molecule has 0 aliphatic heterocycles. The number of aromatic nitrogens is 1. The van der Waals surface area contributed by atoms with E-state index in [9.17, 15) is 18.0 Å². The quantitative estimate of drug-likeness (QED) is 0.582. The van der Waals surface area contributed by atoms with E-state index in [1.165, 1.54) is 18.3 Å². The van der Waals surface area contributed by atoms with Gasteiger partial charge in [0.05, 0.1) is 30.5 Å². The van der Waals surface area contributed by atoms with Crippen molar-refractivity contribution in [3.63, 3.8) is 0 Å². The van der Waals surface area contributed by atoms with Gasteiger partial charge < -0.3 is 14.5 Å². The fourth-order valence-electron chi connectivity index (χ4n) is 2.90. The first kappa shape index (κ1) is 19.5. The second kappa shape index (κ2) is 7.80. The molecular weight excluding hydrogens is 371 g/mol. The number of alkyl halides is 3. The van der Waals surface area contributed by atoms with Crippen LogP contribution >= 0.6 is 0 Å². The Labute approximate surface area is 159 Å². The van der Waals surface area contributed by atoms with E-state index in [0.717, 1.165) is 12.1 Å². The largest absolute Gasteiger partial charge is 0.497 e. The second-order valence-corrected chi connectivity index (χ2v) is 5.98. The number of rotatable bonds is 5. The third kappa shape index (κ3) is 3.88. The molecule has 2 aromatic carbocycles. The minimum absolute atomic E-state index is 0.210. The summed E-state index contributed by atoms with van der Waals surface area (Å²) in [5, 5.41) is 0. The molecule has 0 unspecified atom stereocenters. The highest BCUT2D eigenvalue weighted by atomic mass is 19.4. The van der Waals surface area contributed by atoms with Crippen LogP contribution in [0.2, 0.25) is 0 Å². The summed E-state index contributed by atoms with van der Waals surface area (Å²) in [6.07, 6.45) is -2.91. The SMILES string of the molecule is CCOC(=O)c1c[nH]c(-c2ccc(C(F)(F)F)cc2)c1-c1ccc(OC)cc1. The van der Waals surface area contributed by atoms with E-state index in [2.05, 4.69) is 4.98 Å². The Balaban J connectivity index is 2.11. The number of hydrogen-bond donors (Lipinski definition) is 1. The molecule has 0 spiro atoms. The summed E-state index contributed by atoms with van der Waals surface area (Å²) < 4.78 is 48.8. The standard InChI is InChI=1S/C21H18F3NO3/c1-3-28-20(26)17-12-25-19(14-4-8-15(9-5-14)21(22,23)24)18(17)13-6-10-16(27-2)11-7-13/h4-12,25H,3H2,1-2H3. The molecule has 0 saturated carbocycles. The zero-order chi connectivity index (χ0) is 20.3. The second-order valence-electron chi connectivity index (χ2n) is 5.98. The van der Waals surface area contributed by atoms with Gasteiger partial charge in [0.1, 0.15) is 5.75 Å². The number of methoxy groups -OCH3 is 1. The maximum Gasteiger partial charge on any atom is 0.416 e. The lowest BCUT2D eigenvalue weighted by Gasteiger charge is -2.11. The van der Waals surface area contributed by atoms with E-state index in [0.29, 0.717) is 33.7 Å². The molecule has 0 atom stereocenters. The molecule has 7 heteroatoms. The number of halogens is 3. The Bertz CT molecular complexity index is 958. The van der Waals surface area contributed by atoms with Gasteiger partial charge in [-0.2, -0.15) is 13.2 Å². The summed E-state index contributed by atoms with van der Waals surface area (Å²) in [6, 6.07) is 11.8. The fraction of sp³-hybridized carbons (Fsp3) is 0.190. The molecule has 0 saturated heterocycles. The monoisotopic (exact) mass is 389 g/mol. The average molecular weight is 389 g/mol. The van der Waals surface area contributed by atoms with Crippen molar-refractivity contribution in [1.29, 1.82) is 0 Å². The average Bonchev–Trinajstić information content (AvgIpc) is 3.13. The Morgan fingerprint density at radius 2 is 1.61 bits per heavy atom. The van der Waals surface area contributed by atoms with Gasteiger partial charge in [-0.1, -0.05) is 24.3 Å². The molecule has 28 heavy (non-hydrogen) atoms. The van der Waals surface area contributed by atoms with Gasteiger partial charge in [0.25, 0.3) is 0 Å². The number of benzene rings is 2. The number of nitrogens with one attached hydrogen (secondary N) is 1. The molecule has 0 radical (unpaired) electrons. The van der Waals surface area contributed by atoms with Crippen molar-refractivity contribution in [3.05, 3.63) is 65.9 Å². The third-order valence-electron chi connectivity index (χ3n) is 4.26. The van der Waals surface area contributed by atoms with Crippen LogP contribution in [0.4, 0.5) is 13.2 Å². The van der Waals surface area contributed by atoms with Crippen molar-refractivity contribution in [2.24, 2.45) is 0 Å². The van der Waals surface area contributed by atoms with Crippen molar-refractivity contribution >= 4 is 5.97 Å². The van der Waals surface area contributed by atoms with E-state index >= 15 is 0 Å². The summed E-state index contributed by atoms with van der Waals surface area (Å²) in [4.78, 5) is 15.4. The van der Waals surface area contributed by atoms with Crippen LogP contribution in [-0.4, -0.2) is 24.7 Å². The summed E-state index contributed by atoms with van der Waals surface area (Å²) in [5.74, 6) is 0.135. The van der Waals surface area contributed by atoms with Crippen LogP contribution in [0, 0.1) is 0 Å². The summed E-state index contributed by atoms with van der Waals surface area (Å²) >= 11 is 0. The Morgan fingerprint density at radius 1 is 1.00 bits per heavy atom. The predicted molar refractivity (Wildman–Crippen MR) is 99.2 cm³/mol. The number of hydrogen-bond acceptors (Lipinski definition) is 3. The molecular formula is C21H18F3NO3. The minimum atomic E-state index is -4.41. The van der Waals surface area contributed by atoms with Crippen molar-refractivity contribution in [2.75, 3.05) is 13.7 Å². The van der Waals surface area contributed by atoms with Crippen molar-refractivity contribution in [2.45, 2.75) is 13.1 Å². The van der Waals surface area contributed by atoms with Crippen LogP contribution in [0.3, 0.4) is 0 Å². The fourth-order valence-corrected chi connectivity index (χ4v) is 2.90. The maximum atomic E-state index is 12.9. The van der Waals surface area contributed by atoms with Gasteiger partial charge in [-0.05, 0) is 42.3 Å². The molecule has 0 amide bonds. The van der Waals surface area contributed by atoms with Crippen LogP contribution in [0.1, 0.15) is 22.8 Å². The summed E-state index contributed by atoms with van der Waals surface area (Å²) in [6.45, 7) is 1.91. The summed E-state index contributed by atoms with van der Waals surface area (Å²) in [7, 11) is 1.54. The van der Waals surface area contributed by atoms with E-state index in [-0.39, 0.29) is 6.61 Å². The zero-order valence-corrected chi connectivity index (χ0v) is 15.3. The smallest absolute Gasteiger partial charge is 0.416 e. The maximum absolute atomic E-state index is 12.9. The first-order valence-electron chi connectivity index (χ1n) is 8.55. The minimum Gasteiger partial charge on any atom is -0.497 e. The predicted octanol–water partition coefficient (Wildman–Crippen LogP) is 5.55. The van der Waals surface area contributed by atoms with Crippen molar-refractivity contribution in [1.82, 2.24) is 4.98 Å². The van der Waals surface area contributed by atoms with Crippen LogP contribution in [0.15, 0.2) is 54.7 Å². The normalized spacial score (nSPS) is 11.3. The Hall–Kier alpha value is -3.22. The molecule has 3 rings (SSSR count). The molecule has 0 aliphatic carbocycles. The lowest BCUT2D eigenvalue weighted by Crippen LogP contribution is -2.05. The molecule has 146 valence electrons. The first-order chi connectivity index (χ1) is 13.3. The van der Waals surface area contributed by atoms with Gasteiger partial charge in [0, 0.05) is 11.8 Å². The van der Waals surface area contributed by atoms with E-state index in [1.54, 1.807) is 38.3 Å². The van der Waals surface area contributed by atoms with Gasteiger partial charge in [0.15, 0.2) is 0 Å². The summed E-state index contributed by atoms with van der Waals surface area (Å²) in [5.41, 5.74) is 1.89. The van der Waals surface area contributed by atoms with Crippen LogP contribution in [-0.2, 0) is 10.9 Å². The molecule has 1 aromatic heterocycles. The lowest BCUT2D eigenvalue weighted by atomic mass is 9.97. The van der Waals surface area contributed by atoms with Gasteiger partial charge >= 0.3 is 12.1 Å². The lowest BCUT2D eigenvalue weighted by molar-refractivity contribution is -0.137. The number of esters is 1. The molecule has 0 aliphatic rings. The van der Waals surface area contributed by atoms with Crippen LogP contribution < -0.4 is 4.74 Å². The molecule has 4 nitrogen and oxygen atoms in total. The van der Waals surface area contributed by atoms with Gasteiger partial charge in [-0.25, -0.2) is 4.79 Å². The Morgan fingerprint density at radius 3 is 2.14 bits per heavy atom. The highest BCUT2D eigenvalue weighted by molar-refractivity contribution is 6.01.